The SMILES string of the molecule is O=C(NCC(F)(F)CO)NC1CCC1. The highest BCUT2D eigenvalue weighted by Crippen LogP contribution is 2.17. The summed E-state index contributed by atoms with van der Waals surface area (Å²) in [4.78, 5) is 11.0. The Morgan fingerprint density at radius 2 is 2.14 bits per heavy atom. The van der Waals surface area contributed by atoms with Crippen LogP contribution in [0, 0.1) is 0 Å². The molecule has 4 nitrogen and oxygen atoms in total. The number of urea groups is 1. The Morgan fingerprint density at radius 1 is 1.50 bits per heavy atom. The lowest BCUT2D eigenvalue weighted by Gasteiger charge is -2.26. The number of nitrogens with one attached hydrogen (secondary N) is 2. The molecule has 0 radical (unpaired) electrons. The fraction of sp³-hybridized carbons (Fsp3) is 0.875. The molecule has 0 atom stereocenters. The fourth-order valence-corrected chi connectivity index (χ4v) is 1.05. The van der Waals surface area contributed by atoms with Crippen LogP contribution in [0.1, 0.15) is 19.3 Å². The second-order valence-electron chi connectivity index (χ2n) is 3.47. The van der Waals surface area contributed by atoms with Crippen molar-refractivity contribution in [2.45, 2.75) is 31.2 Å². The van der Waals surface area contributed by atoms with Crippen molar-refractivity contribution in [2.24, 2.45) is 0 Å². The van der Waals surface area contributed by atoms with E-state index in [9.17, 15) is 13.6 Å². The van der Waals surface area contributed by atoms with Crippen LogP contribution in [0.15, 0.2) is 0 Å². The fourth-order valence-electron chi connectivity index (χ4n) is 1.05. The molecule has 0 saturated heterocycles. The Bertz CT molecular complexity index is 208. The van der Waals surface area contributed by atoms with Crippen LogP contribution in [0.4, 0.5) is 13.6 Å². The first-order valence-corrected chi connectivity index (χ1v) is 4.56. The standard InChI is InChI=1S/C8H14F2N2O2/c9-8(10,5-13)4-11-7(14)12-6-2-1-3-6/h6,13H,1-5H2,(H2,11,12,14). The van der Waals surface area contributed by atoms with E-state index in [1.807, 2.05) is 5.32 Å². The predicted octanol–water partition coefficient (Wildman–Crippen LogP) is 0.466. The summed E-state index contributed by atoms with van der Waals surface area (Å²) in [5.74, 6) is -3.24. The number of amides is 2. The maximum absolute atomic E-state index is 12.5. The van der Waals surface area contributed by atoms with Gasteiger partial charge in [-0.25, -0.2) is 13.6 Å². The summed E-state index contributed by atoms with van der Waals surface area (Å²) in [6, 6.07) is -0.472. The van der Waals surface area contributed by atoms with Gasteiger partial charge in [-0.2, -0.15) is 0 Å². The van der Waals surface area contributed by atoms with Gasteiger partial charge in [0, 0.05) is 6.04 Å². The molecule has 0 spiro atoms. The number of alkyl halides is 2. The Morgan fingerprint density at radius 3 is 2.57 bits per heavy atom. The molecule has 2 amide bonds. The second kappa shape index (κ2) is 4.54. The molecule has 82 valence electrons. The zero-order valence-electron chi connectivity index (χ0n) is 7.72. The molecule has 0 aromatic heterocycles. The van der Waals surface area contributed by atoms with Crippen molar-refractivity contribution in [3.8, 4) is 0 Å². The van der Waals surface area contributed by atoms with Gasteiger partial charge < -0.3 is 15.7 Å². The van der Waals surface area contributed by atoms with Gasteiger partial charge in [0.05, 0.1) is 6.54 Å². The smallest absolute Gasteiger partial charge is 0.315 e. The largest absolute Gasteiger partial charge is 0.390 e. The van der Waals surface area contributed by atoms with E-state index in [2.05, 4.69) is 5.32 Å². The minimum absolute atomic E-state index is 0.123. The summed E-state index contributed by atoms with van der Waals surface area (Å²) in [6.45, 7) is -2.08. The molecule has 6 heteroatoms. The van der Waals surface area contributed by atoms with Crippen molar-refractivity contribution in [3.05, 3.63) is 0 Å². The van der Waals surface area contributed by atoms with Gasteiger partial charge in [0.25, 0.3) is 5.92 Å². The monoisotopic (exact) mass is 208 g/mol. The summed E-state index contributed by atoms with van der Waals surface area (Å²) in [5.41, 5.74) is 0. The molecule has 3 N–H and O–H groups in total. The third-order valence-corrected chi connectivity index (χ3v) is 2.18. The molecule has 0 aliphatic heterocycles. The van der Waals surface area contributed by atoms with Crippen molar-refractivity contribution in [1.29, 1.82) is 0 Å². The van der Waals surface area contributed by atoms with Gasteiger partial charge in [-0.3, -0.25) is 0 Å². The lowest BCUT2D eigenvalue weighted by Crippen LogP contribution is -2.48. The Hall–Kier alpha value is -0.910. The first-order valence-electron chi connectivity index (χ1n) is 4.56. The van der Waals surface area contributed by atoms with E-state index < -0.39 is 25.1 Å². The molecule has 0 heterocycles. The van der Waals surface area contributed by atoms with Gasteiger partial charge >= 0.3 is 6.03 Å². The van der Waals surface area contributed by atoms with Gasteiger partial charge in [-0.15, -0.1) is 0 Å². The molecule has 0 unspecified atom stereocenters. The number of halogens is 2. The third-order valence-electron chi connectivity index (χ3n) is 2.18. The van der Waals surface area contributed by atoms with E-state index in [4.69, 9.17) is 5.11 Å². The summed E-state index contributed by atoms with van der Waals surface area (Å²) in [6.07, 6.45) is 2.88. The van der Waals surface area contributed by atoms with Crippen molar-refractivity contribution in [2.75, 3.05) is 13.2 Å². The first kappa shape index (κ1) is 11.2. The maximum Gasteiger partial charge on any atom is 0.315 e. The minimum atomic E-state index is -3.24. The Labute approximate surface area is 80.7 Å². The number of hydrogen-bond acceptors (Lipinski definition) is 2. The van der Waals surface area contributed by atoms with E-state index in [0.29, 0.717) is 0 Å². The normalized spacial score (nSPS) is 17.4. The highest BCUT2D eigenvalue weighted by atomic mass is 19.3. The molecule has 1 aliphatic rings. The molecule has 1 aliphatic carbocycles. The third kappa shape index (κ3) is 3.45. The molecule has 0 bridgehead atoms. The average Bonchev–Trinajstić information content (AvgIpc) is 2.08. The first-order chi connectivity index (χ1) is 6.53. The molecule has 1 saturated carbocycles. The van der Waals surface area contributed by atoms with Crippen LogP contribution in [0.5, 0.6) is 0 Å². The van der Waals surface area contributed by atoms with Crippen molar-refractivity contribution in [1.82, 2.24) is 10.6 Å². The van der Waals surface area contributed by atoms with Gasteiger partial charge in [0.1, 0.15) is 6.61 Å². The molecular weight excluding hydrogens is 194 g/mol. The van der Waals surface area contributed by atoms with Crippen molar-refractivity contribution >= 4 is 6.03 Å². The Kier molecular flexibility index (Phi) is 3.62. The molecular formula is C8H14F2N2O2. The van der Waals surface area contributed by atoms with Crippen LogP contribution in [-0.4, -0.2) is 36.3 Å². The van der Waals surface area contributed by atoms with Gasteiger partial charge in [0.15, 0.2) is 0 Å². The van der Waals surface area contributed by atoms with Gasteiger partial charge in [-0.1, -0.05) is 0 Å². The number of carbonyl (C=O) groups is 1. The van der Waals surface area contributed by atoms with Crippen LogP contribution < -0.4 is 10.6 Å². The average molecular weight is 208 g/mol. The minimum Gasteiger partial charge on any atom is -0.390 e. The van der Waals surface area contributed by atoms with E-state index >= 15 is 0 Å². The van der Waals surface area contributed by atoms with Crippen LogP contribution in [0.2, 0.25) is 0 Å². The highest BCUT2D eigenvalue weighted by Gasteiger charge is 2.28. The van der Waals surface area contributed by atoms with Crippen molar-refractivity contribution in [3.63, 3.8) is 0 Å². The number of carbonyl (C=O) groups excluding carboxylic acids is 1. The second-order valence-corrected chi connectivity index (χ2v) is 3.47. The predicted molar refractivity (Wildman–Crippen MR) is 46.2 cm³/mol. The molecule has 1 rings (SSSR count). The van der Waals surface area contributed by atoms with E-state index in [1.54, 1.807) is 0 Å². The van der Waals surface area contributed by atoms with Crippen LogP contribution in [0.3, 0.4) is 0 Å². The topological polar surface area (TPSA) is 61.4 Å². The molecule has 0 aromatic carbocycles. The van der Waals surface area contributed by atoms with Gasteiger partial charge in [-0.05, 0) is 19.3 Å². The Balaban J connectivity index is 2.13. The molecule has 0 aromatic rings. The lowest BCUT2D eigenvalue weighted by molar-refractivity contribution is -0.0455. The van der Waals surface area contributed by atoms with Crippen LogP contribution in [0.25, 0.3) is 0 Å². The number of aliphatic hydroxyl groups is 1. The zero-order chi connectivity index (χ0) is 10.6. The maximum atomic E-state index is 12.5. The van der Waals surface area contributed by atoms with E-state index in [-0.39, 0.29) is 6.04 Å². The number of hydrogen-bond donors (Lipinski definition) is 3. The van der Waals surface area contributed by atoms with E-state index in [0.717, 1.165) is 19.3 Å². The zero-order valence-corrected chi connectivity index (χ0v) is 7.72. The number of rotatable bonds is 4. The molecule has 1 fully saturated rings. The summed E-state index contributed by atoms with van der Waals surface area (Å²) in [5, 5.41) is 12.8. The summed E-state index contributed by atoms with van der Waals surface area (Å²) >= 11 is 0. The van der Waals surface area contributed by atoms with E-state index in [1.165, 1.54) is 0 Å². The number of aliphatic hydroxyl groups excluding tert-OH is 1. The molecule has 14 heavy (non-hydrogen) atoms. The summed E-state index contributed by atoms with van der Waals surface area (Å²) in [7, 11) is 0. The van der Waals surface area contributed by atoms with Gasteiger partial charge in [0.2, 0.25) is 0 Å². The lowest BCUT2D eigenvalue weighted by atomic mass is 9.93. The quantitative estimate of drug-likeness (QED) is 0.628. The summed E-state index contributed by atoms with van der Waals surface area (Å²) < 4.78 is 24.9. The van der Waals surface area contributed by atoms with Crippen LogP contribution in [-0.2, 0) is 0 Å². The van der Waals surface area contributed by atoms with Crippen LogP contribution >= 0.6 is 0 Å². The van der Waals surface area contributed by atoms with Crippen molar-refractivity contribution < 1.29 is 18.7 Å². The highest BCUT2D eigenvalue weighted by molar-refractivity contribution is 5.74.